The zero-order valence-corrected chi connectivity index (χ0v) is 12.6. The van der Waals surface area contributed by atoms with E-state index >= 15 is 0 Å². The molecule has 1 saturated heterocycles. The number of ether oxygens (including phenoxy) is 1. The van der Waals surface area contributed by atoms with Crippen molar-refractivity contribution in [2.24, 2.45) is 0 Å². The molecule has 1 aromatic carbocycles. The number of anilines is 1. The number of methoxy groups -OCH3 is 1. The third kappa shape index (κ3) is 2.79. The lowest BCUT2D eigenvalue weighted by Gasteiger charge is -2.27. The number of rotatable bonds is 3. The van der Waals surface area contributed by atoms with Crippen LogP contribution in [-0.4, -0.2) is 55.4 Å². The number of likely N-dealkylation sites (N-methyl/N-ethyl adjacent to an activating group) is 1. The molecule has 1 heterocycles. The Hall–Kier alpha value is -2.24. The zero-order chi connectivity index (χ0) is 15.6. The van der Waals surface area contributed by atoms with Crippen molar-refractivity contribution < 1.29 is 14.3 Å². The van der Waals surface area contributed by atoms with Crippen LogP contribution in [0.1, 0.15) is 23.2 Å². The molecule has 6 nitrogen and oxygen atoms in total. The van der Waals surface area contributed by atoms with Gasteiger partial charge in [-0.05, 0) is 25.0 Å². The Kier molecular flexibility index (Phi) is 4.35. The Bertz CT molecular complexity index is 557. The molecular weight excluding hydrogens is 270 g/mol. The highest BCUT2D eigenvalue weighted by atomic mass is 16.5. The monoisotopic (exact) mass is 291 g/mol. The van der Waals surface area contributed by atoms with Crippen LogP contribution < -0.4 is 10.5 Å². The fourth-order valence-corrected chi connectivity index (χ4v) is 2.67. The molecule has 1 atom stereocenters. The van der Waals surface area contributed by atoms with Gasteiger partial charge in [0.25, 0.3) is 5.91 Å². The molecule has 0 aromatic heterocycles. The summed E-state index contributed by atoms with van der Waals surface area (Å²) in [6.45, 7) is 0.570. The molecule has 0 radical (unpaired) electrons. The maximum absolute atomic E-state index is 12.7. The Labute approximate surface area is 124 Å². The molecule has 6 heteroatoms. The number of amides is 2. The third-order valence-electron chi connectivity index (χ3n) is 3.72. The Balaban J connectivity index is 2.31. The van der Waals surface area contributed by atoms with Crippen molar-refractivity contribution in [3.63, 3.8) is 0 Å². The van der Waals surface area contributed by atoms with E-state index < -0.39 is 6.04 Å². The topological polar surface area (TPSA) is 75.9 Å². The molecule has 2 amide bonds. The molecule has 0 spiro atoms. The van der Waals surface area contributed by atoms with Crippen LogP contribution in [0.25, 0.3) is 0 Å². The number of hydrogen-bond acceptors (Lipinski definition) is 4. The van der Waals surface area contributed by atoms with Gasteiger partial charge in [0.15, 0.2) is 5.75 Å². The van der Waals surface area contributed by atoms with Crippen molar-refractivity contribution in [1.82, 2.24) is 9.80 Å². The number of nitrogens with zero attached hydrogens (tertiary/aromatic N) is 2. The van der Waals surface area contributed by atoms with E-state index in [2.05, 4.69) is 0 Å². The predicted molar refractivity (Wildman–Crippen MR) is 80.2 cm³/mol. The Morgan fingerprint density at radius 2 is 2.10 bits per heavy atom. The normalized spacial score (nSPS) is 17.7. The second-order valence-electron chi connectivity index (χ2n) is 5.32. The number of carbonyl (C=O) groups is 2. The van der Waals surface area contributed by atoms with E-state index in [0.29, 0.717) is 30.0 Å². The molecular formula is C15H21N3O3. The van der Waals surface area contributed by atoms with Gasteiger partial charge in [-0.1, -0.05) is 6.07 Å². The van der Waals surface area contributed by atoms with Crippen LogP contribution in [0, 0.1) is 0 Å². The van der Waals surface area contributed by atoms with Crippen LogP contribution in [0.3, 0.4) is 0 Å². The van der Waals surface area contributed by atoms with Gasteiger partial charge in [0, 0.05) is 20.6 Å². The Morgan fingerprint density at radius 3 is 2.71 bits per heavy atom. The van der Waals surface area contributed by atoms with Crippen LogP contribution in [0.15, 0.2) is 18.2 Å². The minimum absolute atomic E-state index is 0.0521. The Morgan fingerprint density at radius 1 is 1.38 bits per heavy atom. The summed E-state index contributed by atoms with van der Waals surface area (Å²) in [7, 11) is 4.88. The average molecular weight is 291 g/mol. The van der Waals surface area contributed by atoms with Crippen LogP contribution in [0.2, 0.25) is 0 Å². The van der Waals surface area contributed by atoms with E-state index in [0.717, 1.165) is 6.42 Å². The summed E-state index contributed by atoms with van der Waals surface area (Å²) < 4.78 is 5.23. The van der Waals surface area contributed by atoms with Crippen LogP contribution in [-0.2, 0) is 4.79 Å². The van der Waals surface area contributed by atoms with E-state index in [-0.39, 0.29) is 11.8 Å². The van der Waals surface area contributed by atoms with Gasteiger partial charge in [-0.25, -0.2) is 0 Å². The molecule has 1 aliphatic heterocycles. The molecule has 1 unspecified atom stereocenters. The van der Waals surface area contributed by atoms with Crippen molar-refractivity contribution in [3.05, 3.63) is 23.8 Å². The van der Waals surface area contributed by atoms with Gasteiger partial charge in [0.05, 0.1) is 18.4 Å². The lowest BCUT2D eigenvalue weighted by atomic mass is 10.1. The van der Waals surface area contributed by atoms with Gasteiger partial charge >= 0.3 is 0 Å². The second kappa shape index (κ2) is 6.03. The molecule has 1 aliphatic rings. The number of carbonyl (C=O) groups excluding carboxylic acids is 2. The van der Waals surface area contributed by atoms with Gasteiger partial charge in [0.1, 0.15) is 6.04 Å². The third-order valence-corrected chi connectivity index (χ3v) is 3.72. The van der Waals surface area contributed by atoms with E-state index in [1.165, 1.54) is 12.0 Å². The number of para-hydroxylation sites is 1. The van der Waals surface area contributed by atoms with Crippen LogP contribution >= 0.6 is 0 Å². The molecule has 2 rings (SSSR count). The quantitative estimate of drug-likeness (QED) is 0.842. The zero-order valence-electron chi connectivity index (χ0n) is 12.6. The summed E-state index contributed by atoms with van der Waals surface area (Å²) >= 11 is 0. The highest BCUT2D eigenvalue weighted by molar-refractivity contribution is 6.01. The maximum Gasteiger partial charge on any atom is 0.258 e. The second-order valence-corrected chi connectivity index (χ2v) is 5.32. The molecule has 1 aromatic rings. The van der Waals surface area contributed by atoms with Crippen molar-refractivity contribution in [2.75, 3.05) is 33.5 Å². The van der Waals surface area contributed by atoms with Crippen LogP contribution in [0.4, 0.5) is 5.69 Å². The molecule has 21 heavy (non-hydrogen) atoms. The number of likely N-dealkylation sites (tertiary alicyclic amines) is 1. The smallest absolute Gasteiger partial charge is 0.258 e. The number of nitrogen functional groups attached to an aromatic ring is 1. The summed E-state index contributed by atoms with van der Waals surface area (Å²) in [4.78, 5) is 28.1. The van der Waals surface area contributed by atoms with Gasteiger partial charge < -0.3 is 20.3 Å². The SMILES string of the molecule is COc1c(N)cccc1C(=O)N1CCCC1C(=O)N(C)C. The predicted octanol–water partition coefficient (Wildman–Crippen LogP) is 0.970. The fraction of sp³-hybridized carbons (Fsp3) is 0.467. The number of hydrogen-bond donors (Lipinski definition) is 1. The molecule has 1 fully saturated rings. The first-order chi connectivity index (χ1) is 9.97. The highest BCUT2D eigenvalue weighted by Gasteiger charge is 2.36. The molecule has 0 aliphatic carbocycles. The van der Waals surface area contributed by atoms with Crippen molar-refractivity contribution >= 4 is 17.5 Å². The lowest BCUT2D eigenvalue weighted by molar-refractivity contribution is -0.132. The van der Waals surface area contributed by atoms with E-state index in [1.807, 2.05) is 0 Å². The van der Waals surface area contributed by atoms with E-state index in [1.54, 1.807) is 37.2 Å². The summed E-state index contributed by atoms with van der Waals surface area (Å²) in [6.07, 6.45) is 1.51. The van der Waals surface area contributed by atoms with Crippen molar-refractivity contribution in [1.29, 1.82) is 0 Å². The highest BCUT2D eigenvalue weighted by Crippen LogP contribution is 2.29. The lowest BCUT2D eigenvalue weighted by Crippen LogP contribution is -2.45. The van der Waals surface area contributed by atoms with Crippen molar-refractivity contribution in [3.8, 4) is 5.75 Å². The van der Waals surface area contributed by atoms with Gasteiger partial charge in [-0.2, -0.15) is 0 Å². The average Bonchev–Trinajstić information content (AvgIpc) is 2.94. The first-order valence-electron chi connectivity index (χ1n) is 6.92. The summed E-state index contributed by atoms with van der Waals surface area (Å²) in [6, 6.07) is 4.66. The van der Waals surface area contributed by atoms with E-state index in [9.17, 15) is 9.59 Å². The largest absolute Gasteiger partial charge is 0.494 e. The van der Waals surface area contributed by atoms with Crippen molar-refractivity contribution in [2.45, 2.75) is 18.9 Å². The van der Waals surface area contributed by atoms with Gasteiger partial charge in [-0.15, -0.1) is 0 Å². The molecule has 2 N–H and O–H groups in total. The van der Waals surface area contributed by atoms with Gasteiger partial charge in [-0.3, -0.25) is 9.59 Å². The fourth-order valence-electron chi connectivity index (χ4n) is 2.67. The summed E-state index contributed by atoms with van der Waals surface area (Å²) in [5.74, 6) is 0.103. The number of benzene rings is 1. The molecule has 114 valence electrons. The first-order valence-corrected chi connectivity index (χ1v) is 6.92. The summed E-state index contributed by atoms with van der Waals surface area (Å²) in [5.41, 5.74) is 6.65. The maximum atomic E-state index is 12.7. The number of nitrogens with two attached hydrogens (primary N) is 1. The minimum atomic E-state index is -0.404. The van der Waals surface area contributed by atoms with E-state index in [4.69, 9.17) is 10.5 Å². The van der Waals surface area contributed by atoms with Gasteiger partial charge in [0.2, 0.25) is 5.91 Å². The standard InChI is InChI=1S/C15H21N3O3/c1-17(2)15(20)12-8-5-9-18(12)14(19)10-6-4-7-11(16)13(10)21-3/h4,6-7,12H,5,8-9,16H2,1-3H3. The van der Waals surface area contributed by atoms with Crippen LogP contribution in [0.5, 0.6) is 5.75 Å². The molecule has 0 saturated carbocycles. The first kappa shape index (κ1) is 15.2. The summed E-state index contributed by atoms with van der Waals surface area (Å²) in [5, 5.41) is 0. The minimum Gasteiger partial charge on any atom is -0.494 e. The molecule has 0 bridgehead atoms.